The zero-order chi connectivity index (χ0) is 23.2. The van der Waals surface area contributed by atoms with Crippen LogP contribution in [0.25, 0.3) is 5.57 Å². The standard InChI is InChI=1S/C22H30FN3O4S/c1-5-7-21(27)24-31(29,30)22(2,28)26-14-11-17(12-15-26)19-10-9-18(20(23)16-19)8-6-13-25(3)4/h9-11,16,28H,5,7,12-15H2,1-4H3,(H,24,27). The third-order valence-corrected chi connectivity index (χ3v) is 6.76. The molecule has 0 aromatic heterocycles. The lowest BCUT2D eigenvalue weighted by Gasteiger charge is -2.37. The zero-order valence-electron chi connectivity index (χ0n) is 18.4. The third-order valence-electron chi connectivity index (χ3n) is 4.99. The molecule has 7 nitrogen and oxygen atoms in total. The molecule has 1 unspecified atom stereocenters. The van der Waals surface area contributed by atoms with Crippen LogP contribution in [0.4, 0.5) is 4.39 Å². The van der Waals surface area contributed by atoms with Crippen molar-refractivity contribution < 1.29 is 22.7 Å². The molecule has 31 heavy (non-hydrogen) atoms. The van der Waals surface area contributed by atoms with Crippen molar-refractivity contribution in [3.05, 3.63) is 41.2 Å². The number of hydrogen-bond acceptors (Lipinski definition) is 6. The van der Waals surface area contributed by atoms with E-state index in [4.69, 9.17) is 0 Å². The molecule has 9 heteroatoms. The minimum atomic E-state index is -4.32. The first-order valence-corrected chi connectivity index (χ1v) is 11.6. The number of nitrogens with zero attached hydrogens (tertiary/aromatic N) is 2. The van der Waals surface area contributed by atoms with Crippen LogP contribution in [0.5, 0.6) is 0 Å². The van der Waals surface area contributed by atoms with Gasteiger partial charge in [-0.05, 0) is 57.1 Å². The summed E-state index contributed by atoms with van der Waals surface area (Å²) < 4.78 is 41.3. The fraction of sp³-hybridized carbons (Fsp3) is 0.500. The maximum absolute atomic E-state index is 14.4. The maximum atomic E-state index is 14.4. The Morgan fingerprint density at radius 3 is 2.65 bits per heavy atom. The van der Waals surface area contributed by atoms with Gasteiger partial charge in [-0.15, -0.1) is 0 Å². The van der Waals surface area contributed by atoms with Crippen LogP contribution in [0.3, 0.4) is 0 Å². The molecule has 0 saturated heterocycles. The molecule has 1 heterocycles. The number of hydrogen-bond donors (Lipinski definition) is 2. The van der Waals surface area contributed by atoms with Crippen LogP contribution in [0, 0.1) is 17.7 Å². The summed E-state index contributed by atoms with van der Waals surface area (Å²) in [6.07, 6.45) is 2.73. The number of carbonyl (C=O) groups excluding carboxylic acids is 1. The Labute approximate surface area is 184 Å². The van der Waals surface area contributed by atoms with Gasteiger partial charge in [0.05, 0.1) is 12.1 Å². The van der Waals surface area contributed by atoms with Gasteiger partial charge in [-0.2, -0.15) is 0 Å². The van der Waals surface area contributed by atoms with Crippen LogP contribution in [-0.4, -0.2) is 68.0 Å². The van der Waals surface area contributed by atoms with Crippen LogP contribution < -0.4 is 4.72 Å². The van der Waals surface area contributed by atoms with Gasteiger partial charge < -0.3 is 5.11 Å². The number of benzene rings is 1. The van der Waals surface area contributed by atoms with Gasteiger partial charge >= 0.3 is 0 Å². The topological polar surface area (TPSA) is 89.9 Å². The second kappa shape index (κ2) is 10.4. The molecule has 0 radical (unpaired) electrons. The summed E-state index contributed by atoms with van der Waals surface area (Å²) in [6, 6.07) is 4.83. The molecule has 1 aromatic rings. The molecule has 1 amide bonds. The Bertz CT molecular complexity index is 1010. The smallest absolute Gasteiger partial charge is 0.279 e. The van der Waals surface area contributed by atoms with Gasteiger partial charge in [-0.25, -0.2) is 17.5 Å². The summed E-state index contributed by atoms with van der Waals surface area (Å²) in [7, 11) is -0.549. The van der Waals surface area contributed by atoms with E-state index >= 15 is 0 Å². The predicted molar refractivity (Wildman–Crippen MR) is 119 cm³/mol. The van der Waals surface area contributed by atoms with Gasteiger partial charge in [0, 0.05) is 19.5 Å². The lowest BCUT2D eigenvalue weighted by atomic mass is 9.98. The fourth-order valence-corrected chi connectivity index (χ4v) is 4.21. The molecule has 2 rings (SSSR count). The first-order chi connectivity index (χ1) is 14.5. The van der Waals surface area contributed by atoms with E-state index in [1.165, 1.54) is 11.0 Å². The molecule has 1 aliphatic heterocycles. The van der Waals surface area contributed by atoms with E-state index in [1.54, 1.807) is 25.1 Å². The molecule has 2 N–H and O–H groups in total. The van der Waals surface area contributed by atoms with Crippen molar-refractivity contribution in [3.8, 4) is 11.8 Å². The van der Waals surface area contributed by atoms with Gasteiger partial charge in [0.25, 0.3) is 10.0 Å². The van der Waals surface area contributed by atoms with E-state index < -0.39 is 26.8 Å². The van der Waals surface area contributed by atoms with Gasteiger partial charge in [-0.1, -0.05) is 30.9 Å². The first-order valence-electron chi connectivity index (χ1n) is 10.1. The van der Waals surface area contributed by atoms with E-state index in [9.17, 15) is 22.7 Å². The summed E-state index contributed by atoms with van der Waals surface area (Å²) in [5.41, 5.74) is 1.86. The highest BCUT2D eigenvalue weighted by atomic mass is 32.2. The quantitative estimate of drug-likeness (QED) is 0.614. The van der Waals surface area contributed by atoms with E-state index in [2.05, 4.69) is 11.8 Å². The Morgan fingerprint density at radius 2 is 2.10 bits per heavy atom. The van der Waals surface area contributed by atoms with Crippen molar-refractivity contribution in [1.82, 2.24) is 14.5 Å². The lowest BCUT2D eigenvalue weighted by molar-refractivity contribution is -0.119. The van der Waals surface area contributed by atoms with Gasteiger partial charge in [0.15, 0.2) is 0 Å². The number of nitrogens with one attached hydrogen (secondary N) is 1. The Kier molecular flexibility index (Phi) is 8.37. The summed E-state index contributed by atoms with van der Waals surface area (Å²) in [5.74, 6) is 4.64. The summed E-state index contributed by atoms with van der Waals surface area (Å²) >= 11 is 0. The van der Waals surface area contributed by atoms with E-state index in [0.29, 0.717) is 30.5 Å². The number of sulfonamides is 1. The largest absolute Gasteiger partial charge is 0.361 e. The fourth-order valence-electron chi connectivity index (χ4n) is 3.11. The normalized spacial score (nSPS) is 16.8. The van der Waals surface area contributed by atoms with Crippen molar-refractivity contribution in [2.24, 2.45) is 0 Å². The Morgan fingerprint density at radius 1 is 1.39 bits per heavy atom. The molecule has 0 bridgehead atoms. The molecule has 1 aliphatic rings. The van der Waals surface area contributed by atoms with E-state index in [-0.39, 0.29) is 19.5 Å². The molecule has 0 saturated carbocycles. The lowest BCUT2D eigenvalue weighted by Crippen LogP contribution is -2.58. The number of aliphatic hydroxyl groups is 1. The Balaban J connectivity index is 2.13. The number of amides is 1. The van der Waals surface area contributed by atoms with Crippen LogP contribution in [0.15, 0.2) is 24.3 Å². The Hall–Kier alpha value is -2.25. The average molecular weight is 452 g/mol. The summed E-state index contributed by atoms with van der Waals surface area (Å²) in [4.78, 5) is 15.0. The predicted octanol–water partition coefficient (Wildman–Crippen LogP) is 1.74. The molecule has 0 aliphatic carbocycles. The van der Waals surface area contributed by atoms with Crippen molar-refractivity contribution in [1.29, 1.82) is 0 Å². The summed E-state index contributed by atoms with van der Waals surface area (Å²) in [5, 5.41) is 8.40. The van der Waals surface area contributed by atoms with Crippen LogP contribution >= 0.6 is 0 Å². The molecule has 170 valence electrons. The van der Waals surface area contributed by atoms with Crippen LogP contribution in [0.1, 0.15) is 44.2 Å². The van der Waals surface area contributed by atoms with E-state index in [0.717, 1.165) is 12.5 Å². The molecule has 0 fully saturated rings. The van der Waals surface area contributed by atoms with Crippen molar-refractivity contribution >= 4 is 21.5 Å². The maximum Gasteiger partial charge on any atom is 0.279 e. The second-order valence-electron chi connectivity index (χ2n) is 7.87. The molecular weight excluding hydrogens is 421 g/mol. The molecular formula is C22H30FN3O4S. The van der Waals surface area contributed by atoms with E-state index in [1.807, 2.05) is 23.7 Å². The van der Waals surface area contributed by atoms with Gasteiger partial charge in [0.2, 0.25) is 11.0 Å². The SMILES string of the molecule is CCCC(=O)NS(=O)(=O)C(C)(O)N1CC=C(c2ccc(C#CCN(C)C)c(F)c2)CC1. The number of halogens is 1. The van der Waals surface area contributed by atoms with Crippen molar-refractivity contribution in [3.63, 3.8) is 0 Å². The molecule has 0 spiro atoms. The highest BCUT2D eigenvalue weighted by molar-refractivity contribution is 7.91. The highest BCUT2D eigenvalue weighted by Crippen LogP contribution is 2.28. The first kappa shape index (κ1) is 25.0. The van der Waals surface area contributed by atoms with Gasteiger partial charge in [0.1, 0.15) is 5.82 Å². The van der Waals surface area contributed by atoms with Crippen molar-refractivity contribution in [2.75, 3.05) is 33.7 Å². The monoisotopic (exact) mass is 451 g/mol. The minimum absolute atomic E-state index is 0.0560. The van der Waals surface area contributed by atoms with Crippen molar-refractivity contribution in [2.45, 2.75) is 38.2 Å². The molecule has 1 aromatic carbocycles. The highest BCUT2D eigenvalue weighted by Gasteiger charge is 2.44. The number of carbonyl (C=O) groups is 1. The number of rotatable bonds is 7. The summed E-state index contributed by atoms with van der Waals surface area (Å²) in [6.45, 7) is 3.80. The second-order valence-corrected chi connectivity index (χ2v) is 9.86. The molecule has 1 atom stereocenters. The van der Waals surface area contributed by atoms with Crippen LogP contribution in [-0.2, 0) is 14.8 Å². The third kappa shape index (κ3) is 6.37. The zero-order valence-corrected chi connectivity index (χ0v) is 19.2. The minimum Gasteiger partial charge on any atom is -0.361 e. The van der Waals surface area contributed by atoms with Gasteiger partial charge in [-0.3, -0.25) is 14.6 Å². The van der Waals surface area contributed by atoms with Crippen LogP contribution in [0.2, 0.25) is 0 Å². The average Bonchev–Trinajstić information content (AvgIpc) is 2.68.